The Balaban J connectivity index is 1.52. The van der Waals surface area contributed by atoms with Crippen molar-refractivity contribution in [3.05, 3.63) is 65.2 Å². The third-order valence-corrected chi connectivity index (χ3v) is 4.17. The summed E-state index contributed by atoms with van der Waals surface area (Å²) in [6.45, 7) is -1.20. The number of benzene rings is 2. The standard InChI is InChI=1S/C20H17N3O6/c1-21-18(26)12-5-4-6-13(9-12)22-16(24)11-29-17(25)10-23-19(27)14-7-2-3-8-15(14)20(23)28/h2-9H,10-11H2,1H3,(H,21,26)(H,22,24). The van der Waals surface area contributed by atoms with Crippen LogP contribution in [-0.4, -0.2) is 54.7 Å². The van der Waals surface area contributed by atoms with Crippen molar-refractivity contribution in [2.45, 2.75) is 0 Å². The molecule has 0 saturated carbocycles. The maximum Gasteiger partial charge on any atom is 0.326 e. The minimum atomic E-state index is -0.895. The van der Waals surface area contributed by atoms with Crippen molar-refractivity contribution >= 4 is 35.3 Å². The van der Waals surface area contributed by atoms with Crippen LogP contribution in [0.2, 0.25) is 0 Å². The van der Waals surface area contributed by atoms with E-state index in [1.807, 2.05) is 0 Å². The second-order valence-corrected chi connectivity index (χ2v) is 6.11. The zero-order chi connectivity index (χ0) is 21.0. The van der Waals surface area contributed by atoms with Crippen molar-refractivity contribution in [2.75, 3.05) is 25.5 Å². The van der Waals surface area contributed by atoms with E-state index in [1.54, 1.807) is 30.3 Å². The molecule has 1 heterocycles. The van der Waals surface area contributed by atoms with Crippen molar-refractivity contribution < 1.29 is 28.7 Å². The Kier molecular flexibility index (Phi) is 5.68. The Labute approximate surface area is 165 Å². The van der Waals surface area contributed by atoms with Gasteiger partial charge in [0.15, 0.2) is 6.61 Å². The molecule has 29 heavy (non-hydrogen) atoms. The Morgan fingerprint density at radius 1 is 0.966 bits per heavy atom. The third kappa shape index (κ3) is 4.29. The molecule has 0 spiro atoms. The number of imide groups is 1. The number of hydrogen-bond acceptors (Lipinski definition) is 6. The van der Waals surface area contributed by atoms with E-state index >= 15 is 0 Å². The summed E-state index contributed by atoms with van der Waals surface area (Å²) < 4.78 is 4.86. The number of carbonyl (C=O) groups excluding carboxylic acids is 5. The first-order valence-corrected chi connectivity index (χ1v) is 8.63. The minimum Gasteiger partial charge on any atom is -0.454 e. The van der Waals surface area contributed by atoms with E-state index in [4.69, 9.17) is 4.74 Å². The first kappa shape index (κ1) is 19.7. The SMILES string of the molecule is CNC(=O)c1cccc(NC(=O)COC(=O)CN2C(=O)c3ccccc3C2=O)c1. The molecular weight excluding hydrogens is 378 g/mol. The van der Waals surface area contributed by atoms with Gasteiger partial charge in [0.1, 0.15) is 6.54 Å². The lowest BCUT2D eigenvalue weighted by atomic mass is 10.1. The van der Waals surface area contributed by atoms with E-state index in [0.29, 0.717) is 11.3 Å². The molecule has 0 radical (unpaired) electrons. The summed E-state index contributed by atoms with van der Waals surface area (Å²) in [6.07, 6.45) is 0. The van der Waals surface area contributed by atoms with Gasteiger partial charge < -0.3 is 15.4 Å². The summed E-state index contributed by atoms with van der Waals surface area (Å²) in [5, 5.41) is 4.97. The molecule has 2 aromatic rings. The fraction of sp³-hybridized carbons (Fsp3) is 0.150. The number of nitrogens with one attached hydrogen (secondary N) is 2. The highest BCUT2D eigenvalue weighted by Crippen LogP contribution is 2.22. The number of ether oxygens (including phenoxy) is 1. The summed E-state index contributed by atoms with van der Waals surface area (Å²) in [6, 6.07) is 12.5. The molecule has 4 amide bonds. The highest BCUT2D eigenvalue weighted by Gasteiger charge is 2.36. The Morgan fingerprint density at radius 2 is 1.62 bits per heavy atom. The van der Waals surface area contributed by atoms with Gasteiger partial charge in [0, 0.05) is 18.3 Å². The molecule has 1 aliphatic heterocycles. The van der Waals surface area contributed by atoms with Crippen LogP contribution in [0.25, 0.3) is 0 Å². The largest absolute Gasteiger partial charge is 0.454 e. The number of hydrogen-bond donors (Lipinski definition) is 2. The average molecular weight is 395 g/mol. The molecular formula is C20H17N3O6. The molecule has 0 aliphatic carbocycles. The van der Waals surface area contributed by atoms with Crippen LogP contribution in [0.15, 0.2) is 48.5 Å². The minimum absolute atomic E-state index is 0.221. The smallest absolute Gasteiger partial charge is 0.326 e. The predicted octanol–water partition coefficient (Wildman–Crippen LogP) is 0.824. The van der Waals surface area contributed by atoms with E-state index in [2.05, 4.69) is 10.6 Å². The lowest BCUT2D eigenvalue weighted by Gasteiger charge is -2.13. The maximum absolute atomic E-state index is 12.2. The zero-order valence-electron chi connectivity index (χ0n) is 15.4. The number of rotatable bonds is 6. The lowest BCUT2D eigenvalue weighted by Crippen LogP contribution is -2.36. The van der Waals surface area contributed by atoms with Crippen LogP contribution in [0.4, 0.5) is 5.69 Å². The molecule has 1 aliphatic rings. The molecule has 0 aromatic heterocycles. The van der Waals surface area contributed by atoms with Crippen LogP contribution in [0, 0.1) is 0 Å². The first-order chi connectivity index (χ1) is 13.9. The number of esters is 1. The highest BCUT2D eigenvalue weighted by molar-refractivity contribution is 6.22. The van der Waals surface area contributed by atoms with Gasteiger partial charge in [-0.1, -0.05) is 18.2 Å². The van der Waals surface area contributed by atoms with Gasteiger partial charge in [0.25, 0.3) is 23.6 Å². The second-order valence-electron chi connectivity index (χ2n) is 6.11. The summed E-state index contributed by atoms with van der Waals surface area (Å²) >= 11 is 0. The monoisotopic (exact) mass is 395 g/mol. The number of nitrogens with zero attached hydrogens (tertiary/aromatic N) is 1. The van der Waals surface area contributed by atoms with Crippen LogP contribution < -0.4 is 10.6 Å². The van der Waals surface area contributed by atoms with Crippen LogP contribution in [0.5, 0.6) is 0 Å². The van der Waals surface area contributed by atoms with Crippen molar-refractivity contribution in [1.29, 1.82) is 0 Å². The summed E-state index contributed by atoms with van der Waals surface area (Å²) in [5.74, 6) is -3.01. The van der Waals surface area contributed by atoms with E-state index in [-0.39, 0.29) is 17.0 Å². The first-order valence-electron chi connectivity index (χ1n) is 8.63. The van der Waals surface area contributed by atoms with Crippen molar-refractivity contribution in [1.82, 2.24) is 10.2 Å². The molecule has 148 valence electrons. The van der Waals surface area contributed by atoms with Gasteiger partial charge in [-0.05, 0) is 30.3 Å². The average Bonchev–Trinajstić information content (AvgIpc) is 2.97. The number of fused-ring (bicyclic) bond motifs is 1. The maximum atomic E-state index is 12.2. The fourth-order valence-electron chi connectivity index (χ4n) is 2.78. The highest BCUT2D eigenvalue weighted by atomic mass is 16.5. The van der Waals surface area contributed by atoms with Crippen molar-refractivity contribution in [3.8, 4) is 0 Å². The van der Waals surface area contributed by atoms with Crippen LogP contribution in [0.1, 0.15) is 31.1 Å². The van der Waals surface area contributed by atoms with Crippen LogP contribution in [0.3, 0.4) is 0 Å². The van der Waals surface area contributed by atoms with E-state index in [1.165, 1.54) is 25.2 Å². The third-order valence-electron chi connectivity index (χ3n) is 4.17. The van der Waals surface area contributed by atoms with E-state index in [9.17, 15) is 24.0 Å². The van der Waals surface area contributed by atoms with Gasteiger partial charge in [-0.25, -0.2) is 0 Å². The molecule has 2 N–H and O–H groups in total. The number of amides is 4. The topological polar surface area (TPSA) is 122 Å². The molecule has 0 unspecified atom stereocenters. The van der Waals surface area contributed by atoms with Crippen LogP contribution >= 0.6 is 0 Å². The lowest BCUT2D eigenvalue weighted by molar-refractivity contribution is -0.147. The van der Waals surface area contributed by atoms with Gasteiger partial charge in [-0.2, -0.15) is 0 Å². The second kappa shape index (κ2) is 8.34. The molecule has 9 nitrogen and oxygen atoms in total. The Hall–Kier alpha value is -4.01. The summed E-state index contributed by atoms with van der Waals surface area (Å²) in [7, 11) is 1.49. The zero-order valence-corrected chi connectivity index (χ0v) is 15.4. The molecule has 0 fully saturated rings. The number of carbonyl (C=O) groups is 5. The van der Waals surface area contributed by atoms with Gasteiger partial charge in [-0.3, -0.25) is 28.9 Å². The normalized spacial score (nSPS) is 12.4. The predicted molar refractivity (Wildman–Crippen MR) is 101 cm³/mol. The van der Waals surface area contributed by atoms with Crippen molar-refractivity contribution in [3.63, 3.8) is 0 Å². The van der Waals surface area contributed by atoms with E-state index < -0.39 is 36.8 Å². The summed E-state index contributed by atoms with van der Waals surface area (Å²) in [4.78, 5) is 60.8. The van der Waals surface area contributed by atoms with Crippen molar-refractivity contribution in [2.24, 2.45) is 0 Å². The Morgan fingerprint density at radius 3 is 2.24 bits per heavy atom. The van der Waals surface area contributed by atoms with E-state index in [0.717, 1.165) is 4.90 Å². The fourth-order valence-corrected chi connectivity index (χ4v) is 2.78. The molecule has 0 saturated heterocycles. The van der Waals surface area contributed by atoms with Gasteiger partial charge in [0.05, 0.1) is 11.1 Å². The van der Waals surface area contributed by atoms with Crippen LogP contribution in [-0.2, 0) is 14.3 Å². The van der Waals surface area contributed by atoms with Gasteiger partial charge >= 0.3 is 5.97 Å². The molecule has 9 heteroatoms. The summed E-state index contributed by atoms with van der Waals surface area (Å²) in [5.41, 5.74) is 1.15. The quantitative estimate of drug-likeness (QED) is 0.552. The number of anilines is 1. The van der Waals surface area contributed by atoms with Gasteiger partial charge in [0.2, 0.25) is 0 Å². The Bertz CT molecular complexity index is 982. The molecule has 2 aromatic carbocycles. The molecule has 3 rings (SSSR count). The van der Waals surface area contributed by atoms with Gasteiger partial charge in [-0.15, -0.1) is 0 Å². The molecule has 0 bridgehead atoms. The molecule has 0 atom stereocenters.